The largest absolute Gasteiger partial charge is 0.464 e. The molecule has 0 radical (unpaired) electrons. The zero-order chi connectivity index (χ0) is 14.8. The number of para-hydroxylation sites is 1. The van der Waals surface area contributed by atoms with Crippen molar-refractivity contribution in [3.05, 3.63) is 53.7 Å². The van der Waals surface area contributed by atoms with E-state index in [-0.39, 0.29) is 6.04 Å². The SMILES string of the molecule is Cc1noc(-c2ccccc2NC(C)c2ccc(C)o2)n1. The van der Waals surface area contributed by atoms with Crippen molar-refractivity contribution in [2.45, 2.75) is 26.8 Å². The molecule has 0 aliphatic rings. The number of hydrogen-bond acceptors (Lipinski definition) is 5. The quantitative estimate of drug-likeness (QED) is 0.780. The van der Waals surface area contributed by atoms with Gasteiger partial charge >= 0.3 is 0 Å². The van der Waals surface area contributed by atoms with Gasteiger partial charge in [-0.3, -0.25) is 0 Å². The Bertz CT molecular complexity index is 745. The third-order valence-electron chi connectivity index (χ3n) is 3.24. The fourth-order valence-electron chi connectivity index (χ4n) is 2.19. The van der Waals surface area contributed by atoms with Crippen LogP contribution in [0.4, 0.5) is 5.69 Å². The Hall–Kier alpha value is -2.56. The molecule has 1 unspecified atom stereocenters. The summed E-state index contributed by atoms with van der Waals surface area (Å²) in [6, 6.07) is 11.8. The maximum atomic E-state index is 5.65. The fourth-order valence-corrected chi connectivity index (χ4v) is 2.19. The van der Waals surface area contributed by atoms with Gasteiger partial charge in [-0.15, -0.1) is 0 Å². The van der Waals surface area contributed by atoms with E-state index in [9.17, 15) is 0 Å². The monoisotopic (exact) mass is 283 g/mol. The molecule has 0 bridgehead atoms. The Morgan fingerprint density at radius 2 is 1.90 bits per heavy atom. The van der Waals surface area contributed by atoms with Gasteiger partial charge in [0, 0.05) is 5.69 Å². The van der Waals surface area contributed by atoms with Crippen LogP contribution >= 0.6 is 0 Å². The first-order valence-electron chi connectivity index (χ1n) is 6.86. The number of aryl methyl sites for hydroxylation is 2. The molecule has 5 nitrogen and oxygen atoms in total. The van der Waals surface area contributed by atoms with Crippen LogP contribution in [0, 0.1) is 13.8 Å². The second-order valence-electron chi connectivity index (χ2n) is 5.01. The third kappa shape index (κ3) is 2.81. The van der Waals surface area contributed by atoms with Gasteiger partial charge in [0.1, 0.15) is 11.5 Å². The number of anilines is 1. The van der Waals surface area contributed by atoms with E-state index >= 15 is 0 Å². The van der Waals surface area contributed by atoms with Crippen molar-refractivity contribution in [1.29, 1.82) is 0 Å². The molecular formula is C16H17N3O2. The highest BCUT2D eigenvalue weighted by Crippen LogP contribution is 2.29. The van der Waals surface area contributed by atoms with Crippen molar-refractivity contribution in [3.8, 4) is 11.5 Å². The smallest absolute Gasteiger partial charge is 0.260 e. The fraction of sp³-hybridized carbons (Fsp3) is 0.250. The number of aromatic nitrogens is 2. The van der Waals surface area contributed by atoms with Crippen molar-refractivity contribution >= 4 is 5.69 Å². The van der Waals surface area contributed by atoms with Gasteiger partial charge in [0.25, 0.3) is 5.89 Å². The van der Waals surface area contributed by atoms with Gasteiger partial charge in [0.15, 0.2) is 5.82 Å². The van der Waals surface area contributed by atoms with Crippen LogP contribution in [0.1, 0.15) is 30.3 Å². The van der Waals surface area contributed by atoms with Crippen molar-refractivity contribution in [2.24, 2.45) is 0 Å². The molecule has 3 aromatic rings. The number of benzene rings is 1. The predicted molar refractivity (Wildman–Crippen MR) is 80.0 cm³/mol. The molecule has 1 atom stereocenters. The molecule has 3 rings (SSSR count). The third-order valence-corrected chi connectivity index (χ3v) is 3.24. The molecule has 2 heterocycles. The molecule has 0 fully saturated rings. The number of nitrogens with zero attached hydrogens (tertiary/aromatic N) is 2. The van der Waals surface area contributed by atoms with Crippen LogP contribution in [-0.4, -0.2) is 10.1 Å². The van der Waals surface area contributed by atoms with Crippen LogP contribution in [0.2, 0.25) is 0 Å². The molecular weight excluding hydrogens is 266 g/mol. The first-order valence-corrected chi connectivity index (χ1v) is 6.86. The second kappa shape index (κ2) is 5.44. The Kier molecular flexibility index (Phi) is 3.48. The zero-order valence-corrected chi connectivity index (χ0v) is 12.3. The molecule has 0 spiro atoms. The van der Waals surface area contributed by atoms with Crippen molar-refractivity contribution in [3.63, 3.8) is 0 Å². The molecule has 0 aliphatic heterocycles. The Morgan fingerprint density at radius 3 is 2.57 bits per heavy atom. The van der Waals surface area contributed by atoms with E-state index in [1.165, 1.54) is 0 Å². The van der Waals surface area contributed by atoms with Gasteiger partial charge in [-0.1, -0.05) is 17.3 Å². The van der Waals surface area contributed by atoms with E-state index in [0.717, 1.165) is 22.8 Å². The number of rotatable bonds is 4. The van der Waals surface area contributed by atoms with E-state index in [1.807, 2.05) is 50.2 Å². The van der Waals surface area contributed by atoms with Crippen LogP contribution in [0.5, 0.6) is 0 Å². The topological polar surface area (TPSA) is 64.1 Å². The predicted octanol–water partition coefficient (Wildman–Crippen LogP) is 4.12. The minimum absolute atomic E-state index is 0.0452. The van der Waals surface area contributed by atoms with Crippen LogP contribution in [0.15, 0.2) is 45.3 Å². The molecule has 2 aromatic heterocycles. The lowest BCUT2D eigenvalue weighted by Crippen LogP contribution is -2.06. The van der Waals surface area contributed by atoms with E-state index in [4.69, 9.17) is 8.94 Å². The molecule has 1 aromatic carbocycles. The summed E-state index contributed by atoms with van der Waals surface area (Å²) in [7, 11) is 0. The van der Waals surface area contributed by atoms with E-state index < -0.39 is 0 Å². The highest BCUT2D eigenvalue weighted by atomic mass is 16.5. The number of nitrogens with one attached hydrogen (secondary N) is 1. The normalized spacial score (nSPS) is 12.3. The van der Waals surface area contributed by atoms with Crippen molar-refractivity contribution in [2.75, 3.05) is 5.32 Å². The maximum absolute atomic E-state index is 5.65. The minimum Gasteiger partial charge on any atom is -0.464 e. The van der Waals surface area contributed by atoms with Gasteiger partial charge in [0.05, 0.1) is 11.6 Å². The summed E-state index contributed by atoms with van der Waals surface area (Å²) < 4.78 is 10.9. The summed E-state index contributed by atoms with van der Waals surface area (Å²) >= 11 is 0. The summed E-state index contributed by atoms with van der Waals surface area (Å²) in [6.45, 7) is 5.79. The molecule has 0 aliphatic carbocycles. The first kappa shape index (κ1) is 13.4. The zero-order valence-electron chi connectivity index (χ0n) is 12.3. The van der Waals surface area contributed by atoms with E-state index in [1.54, 1.807) is 6.92 Å². The van der Waals surface area contributed by atoms with Gasteiger partial charge < -0.3 is 14.3 Å². The van der Waals surface area contributed by atoms with Gasteiger partial charge in [0.2, 0.25) is 0 Å². The molecule has 0 saturated carbocycles. The van der Waals surface area contributed by atoms with Crippen LogP contribution < -0.4 is 5.32 Å². The van der Waals surface area contributed by atoms with Gasteiger partial charge in [-0.2, -0.15) is 4.98 Å². The second-order valence-corrected chi connectivity index (χ2v) is 5.01. The molecule has 108 valence electrons. The first-order chi connectivity index (χ1) is 10.1. The molecule has 21 heavy (non-hydrogen) atoms. The lowest BCUT2D eigenvalue weighted by Gasteiger charge is -2.15. The molecule has 1 N–H and O–H groups in total. The van der Waals surface area contributed by atoms with Gasteiger partial charge in [-0.05, 0) is 45.0 Å². The summed E-state index contributed by atoms with van der Waals surface area (Å²) in [4.78, 5) is 4.28. The standard InChI is InChI=1S/C16H17N3O2/c1-10-8-9-15(20-10)11(2)17-14-7-5-4-6-13(14)16-18-12(3)19-21-16/h4-9,11,17H,1-3H3. The summed E-state index contributed by atoms with van der Waals surface area (Å²) in [6.07, 6.45) is 0. The van der Waals surface area contributed by atoms with Crippen molar-refractivity contribution in [1.82, 2.24) is 10.1 Å². The van der Waals surface area contributed by atoms with Gasteiger partial charge in [-0.25, -0.2) is 0 Å². The summed E-state index contributed by atoms with van der Waals surface area (Å²) in [5.41, 5.74) is 1.82. The van der Waals surface area contributed by atoms with Crippen LogP contribution in [0.3, 0.4) is 0 Å². The Balaban J connectivity index is 1.89. The summed E-state index contributed by atoms with van der Waals surface area (Å²) in [5, 5.41) is 7.27. The minimum atomic E-state index is 0.0452. The average Bonchev–Trinajstić information content (AvgIpc) is 3.08. The molecule has 0 amide bonds. The molecule has 0 saturated heterocycles. The average molecular weight is 283 g/mol. The number of hydrogen-bond donors (Lipinski definition) is 1. The van der Waals surface area contributed by atoms with Crippen molar-refractivity contribution < 1.29 is 8.94 Å². The van der Waals surface area contributed by atoms with Crippen LogP contribution in [-0.2, 0) is 0 Å². The highest BCUT2D eigenvalue weighted by Gasteiger charge is 2.15. The van der Waals surface area contributed by atoms with E-state index in [0.29, 0.717) is 11.7 Å². The molecule has 5 heteroatoms. The van der Waals surface area contributed by atoms with E-state index in [2.05, 4.69) is 15.5 Å². The number of furan rings is 1. The summed E-state index contributed by atoms with van der Waals surface area (Å²) in [5.74, 6) is 2.93. The Morgan fingerprint density at radius 1 is 1.10 bits per heavy atom. The highest BCUT2D eigenvalue weighted by molar-refractivity contribution is 5.72. The Labute approximate surface area is 123 Å². The lowest BCUT2D eigenvalue weighted by molar-refractivity contribution is 0.425. The van der Waals surface area contributed by atoms with Crippen LogP contribution in [0.25, 0.3) is 11.5 Å². The lowest BCUT2D eigenvalue weighted by atomic mass is 10.1. The maximum Gasteiger partial charge on any atom is 0.260 e.